The Morgan fingerprint density at radius 3 is 2.50 bits per heavy atom. The predicted octanol–water partition coefficient (Wildman–Crippen LogP) is 4.44. The highest BCUT2D eigenvalue weighted by Gasteiger charge is 2.03. The molecule has 0 radical (unpaired) electrons. The van der Waals surface area contributed by atoms with E-state index >= 15 is 0 Å². The van der Waals surface area contributed by atoms with Crippen molar-refractivity contribution in [3.05, 3.63) is 66.2 Å². The van der Waals surface area contributed by atoms with E-state index in [1.807, 2.05) is 19.2 Å². The Hall–Kier alpha value is -2.19. The van der Waals surface area contributed by atoms with E-state index in [0.29, 0.717) is 6.04 Å². The largest absolute Gasteiger partial charge is 0.317 e. The van der Waals surface area contributed by atoms with E-state index in [0.717, 1.165) is 24.1 Å². The minimum Gasteiger partial charge on any atom is -0.317 e. The molecule has 0 aliphatic carbocycles. The number of pyridine rings is 1. The van der Waals surface area contributed by atoms with Gasteiger partial charge in [0, 0.05) is 17.0 Å². The summed E-state index contributed by atoms with van der Waals surface area (Å²) in [5.74, 6) is 0. The fourth-order valence-electron chi connectivity index (χ4n) is 2.60. The van der Waals surface area contributed by atoms with Crippen molar-refractivity contribution in [1.29, 1.82) is 0 Å². The number of nitrogens with one attached hydrogen (secondary N) is 1. The molecular weight excluding hydrogens is 268 g/mol. The van der Waals surface area contributed by atoms with Crippen LogP contribution in [0.3, 0.4) is 0 Å². The molecule has 0 spiro atoms. The van der Waals surface area contributed by atoms with Gasteiger partial charge in [-0.05, 0) is 44.5 Å². The third-order valence-corrected chi connectivity index (χ3v) is 4.21. The molecule has 0 aliphatic rings. The average Bonchev–Trinajstić information content (AvgIpc) is 2.59. The van der Waals surface area contributed by atoms with Crippen molar-refractivity contribution in [2.75, 3.05) is 7.05 Å². The van der Waals surface area contributed by atoms with Crippen LogP contribution in [-0.4, -0.2) is 18.1 Å². The van der Waals surface area contributed by atoms with Crippen LogP contribution < -0.4 is 5.32 Å². The molecule has 1 heterocycles. The fraction of sp³-hybridized carbons (Fsp3) is 0.250. The zero-order valence-corrected chi connectivity index (χ0v) is 13.2. The number of rotatable bonds is 5. The molecule has 0 fully saturated rings. The molecule has 0 bridgehead atoms. The van der Waals surface area contributed by atoms with Gasteiger partial charge >= 0.3 is 0 Å². The Balaban J connectivity index is 1.79. The smallest absolute Gasteiger partial charge is 0.0709 e. The molecule has 22 heavy (non-hydrogen) atoms. The number of nitrogens with zero attached hydrogens (tertiary/aromatic N) is 1. The Labute approximate surface area is 132 Å². The molecule has 0 saturated carbocycles. The van der Waals surface area contributed by atoms with Crippen molar-refractivity contribution in [2.24, 2.45) is 0 Å². The number of aromatic nitrogens is 1. The molecule has 1 unspecified atom stereocenters. The highest BCUT2D eigenvalue weighted by Crippen LogP contribution is 2.21. The van der Waals surface area contributed by atoms with Crippen LogP contribution in [0.4, 0.5) is 0 Å². The van der Waals surface area contributed by atoms with Gasteiger partial charge in [0.1, 0.15) is 0 Å². The van der Waals surface area contributed by atoms with Crippen LogP contribution in [-0.2, 0) is 6.42 Å². The van der Waals surface area contributed by atoms with Crippen LogP contribution in [0.2, 0.25) is 0 Å². The van der Waals surface area contributed by atoms with Crippen molar-refractivity contribution >= 4 is 10.9 Å². The topological polar surface area (TPSA) is 24.9 Å². The third-order valence-electron chi connectivity index (χ3n) is 4.21. The molecule has 3 rings (SSSR count). The molecule has 2 nitrogen and oxygen atoms in total. The summed E-state index contributed by atoms with van der Waals surface area (Å²) < 4.78 is 0. The van der Waals surface area contributed by atoms with E-state index in [9.17, 15) is 0 Å². The van der Waals surface area contributed by atoms with Gasteiger partial charge in [-0.1, -0.05) is 48.5 Å². The monoisotopic (exact) mass is 290 g/mol. The number of fused-ring (bicyclic) bond motifs is 1. The van der Waals surface area contributed by atoms with Gasteiger partial charge in [-0.2, -0.15) is 0 Å². The van der Waals surface area contributed by atoms with E-state index in [2.05, 4.69) is 60.8 Å². The van der Waals surface area contributed by atoms with E-state index in [1.165, 1.54) is 16.5 Å². The van der Waals surface area contributed by atoms with Gasteiger partial charge in [0.05, 0.1) is 11.2 Å². The second kappa shape index (κ2) is 6.71. The highest BCUT2D eigenvalue weighted by atomic mass is 14.8. The maximum absolute atomic E-state index is 4.75. The lowest BCUT2D eigenvalue weighted by Crippen LogP contribution is -2.21. The Morgan fingerprint density at radius 1 is 0.955 bits per heavy atom. The first-order chi connectivity index (χ1) is 10.8. The van der Waals surface area contributed by atoms with Crippen LogP contribution in [0.5, 0.6) is 0 Å². The van der Waals surface area contributed by atoms with Crippen LogP contribution in [0.25, 0.3) is 22.2 Å². The molecule has 1 aromatic heterocycles. The first kappa shape index (κ1) is 14.7. The Bertz CT molecular complexity index is 747. The summed E-state index contributed by atoms with van der Waals surface area (Å²) in [6, 6.07) is 21.8. The molecule has 112 valence electrons. The second-order valence-corrected chi connectivity index (χ2v) is 5.81. The molecule has 0 amide bonds. The summed E-state index contributed by atoms with van der Waals surface area (Å²) in [6.45, 7) is 2.22. The van der Waals surface area contributed by atoms with Gasteiger partial charge in [0.25, 0.3) is 0 Å². The summed E-state index contributed by atoms with van der Waals surface area (Å²) in [5.41, 5.74) is 4.64. The van der Waals surface area contributed by atoms with Gasteiger partial charge in [-0.3, -0.25) is 0 Å². The maximum Gasteiger partial charge on any atom is 0.0709 e. The Kier molecular flexibility index (Phi) is 4.50. The van der Waals surface area contributed by atoms with Gasteiger partial charge in [0.15, 0.2) is 0 Å². The van der Waals surface area contributed by atoms with Crippen molar-refractivity contribution in [1.82, 2.24) is 10.3 Å². The van der Waals surface area contributed by atoms with Gasteiger partial charge in [-0.25, -0.2) is 4.98 Å². The molecular formula is C20H22N2. The third kappa shape index (κ3) is 3.34. The van der Waals surface area contributed by atoms with Gasteiger partial charge in [0.2, 0.25) is 0 Å². The number of benzene rings is 2. The molecule has 0 saturated heterocycles. The average molecular weight is 290 g/mol. The van der Waals surface area contributed by atoms with Crippen molar-refractivity contribution < 1.29 is 0 Å². The molecule has 1 atom stereocenters. The number of hydrogen-bond acceptors (Lipinski definition) is 2. The van der Waals surface area contributed by atoms with Crippen molar-refractivity contribution in [3.8, 4) is 11.3 Å². The van der Waals surface area contributed by atoms with Crippen LogP contribution >= 0.6 is 0 Å². The lowest BCUT2D eigenvalue weighted by molar-refractivity contribution is 0.565. The number of aryl methyl sites for hydroxylation is 1. The summed E-state index contributed by atoms with van der Waals surface area (Å²) in [4.78, 5) is 4.75. The highest BCUT2D eigenvalue weighted by molar-refractivity contribution is 5.81. The van der Waals surface area contributed by atoms with E-state index in [4.69, 9.17) is 4.98 Å². The van der Waals surface area contributed by atoms with Crippen molar-refractivity contribution in [2.45, 2.75) is 25.8 Å². The zero-order valence-electron chi connectivity index (χ0n) is 13.2. The Morgan fingerprint density at radius 2 is 1.73 bits per heavy atom. The maximum atomic E-state index is 4.75. The minimum atomic E-state index is 0.557. The van der Waals surface area contributed by atoms with Gasteiger partial charge in [-0.15, -0.1) is 0 Å². The minimum absolute atomic E-state index is 0.557. The normalized spacial score (nSPS) is 12.5. The van der Waals surface area contributed by atoms with E-state index < -0.39 is 0 Å². The lowest BCUT2D eigenvalue weighted by Gasteiger charge is -2.10. The second-order valence-electron chi connectivity index (χ2n) is 5.81. The zero-order chi connectivity index (χ0) is 15.4. The molecule has 0 aliphatic heterocycles. The van der Waals surface area contributed by atoms with Gasteiger partial charge < -0.3 is 5.32 Å². The first-order valence-electron chi connectivity index (χ1n) is 7.88. The quantitative estimate of drug-likeness (QED) is 0.751. The first-order valence-corrected chi connectivity index (χ1v) is 7.88. The van der Waals surface area contributed by atoms with Crippen LogP contribution in [0.1, 0.15) is 18.9 Å². The van der Waals surface area contributed by atoms with Crippen LogP contribution in [0.15, 0.2) is 60.7 Å². The SMILES string of the molecule is CNC(C)CCc1ccc(-c2ccc3ccccc3n2)cc1. The number of hydrogen-bond donors (Lipinski definition) is 1. The predicted molar refractivity (Wildman–Crippen MR) is 94.0 cm³/mol. The summed E-state index contributed by atoms with van der Waals surface area (Å²) in [5, 5.41) is 4.46. The standard InChI is InChI=1S/C20H22N2/c1-15(21-2)7-8-16-9-11-18(12-10-16)20-14-13-17-5-3-4-6-19(17)22-20/h3-6,9-15,21H,7-8H2,1-2H3. The number of para-hydroxylation sites is 1. The summed E-state index contributed by atoms with van der Waals surface area (Å²) in [7, 11) is 2.01. The van der Waals surface area contributed by atoms with Crippen LogP contribution in [0, 0.1) is 0 Å². The van der Waals surface area contributed by atoms with E-state index in [1.54, 1.807) is 0 Å². The van der Waals surface area contributed by atoms with E-state index in [-0.39, 0.29) is 0 Å². The molecule has 2 aromatic carbocycles. The lowest BCUT2D eigenvalue weighted by atomic mass is 10.0. The van der Waals surface area contributed by atoms with Crippen molar-refractivity contribution in [3.63, 3.8) is 0 Å². The molecule has 1 N–H and O–H groups in total. The fourth-order valence-corrected chi connectivity index (χ4v) is 2.60. The molecule has 3 aromatic rings. The summed E-state index contributed by atoms with van der Waals surface area (Å²) >= 11 is 0. The summed E-state index contributed by atoms with van der Waals surface area (Å²) in [6.07, 6.45) is 2.26. The molecule has 2 heteroatoms.